The maximum Gasteiger partial charge on any atom is 0.320 e. The Hall–Kier alpha value is -1.89. The monoisotopic (exact) mass is 305 g/mol. The van der Waals surface area contributed by atoms with Crippen LogP contribution in [0.2, 0.25) is 0 Å². The van der Waals surface area contributed by atoms with Gasteiger partial charge < -0.3 is 15.1 Å². The third-order valence-corrected chi connectivity index (χ3v) is 4.36. The summed E-state index contributed by atoms with van der Waals surface area (Å²) in [4.78, 5) is 25.6. The van der Waals surface area contributed by atoms with Gasteiger partial charge in [-0.1, -0.05) is 6.92 Å². The first-order valence-electron chi connectivity index (χ1n) is 7.17. The van der Waals surface area contributed by atoms with Gasteiger partial charge in [0.15, 0.2) is 5.82 Å². The van der Waals surface area contributed by atoms with Gasteiger partial charge in [-0.25, -0.2) is 14.8 Å². The standard InChI is InChI=1S/C14H19N5OS/c1-3-5-15-12-10-4-8-21-13(10)17-11(16-12)9-19-7-6-18(2)14(19)20/h4,8H,3,5-7,9H2,1-2H3,(H,15,16,17). The van der Waals surface area contributed by atoms with Crippen LogP contribution in [0.5, 0.6) is 0 Å². The van der Waals surface area contributed by atoms with Gasteiger partial charge in [0.05, 0.1) is 11.9 Å². The summed E-state index contributed by atoms with van der Waals surface area (Å²) in [5.41, 5.74) is 0. The van der Waals surface area contributed by atoms with Gasteiger partial charge in [0, 0.05) is 26.7 Å². The number of likely N-dealkylation sites (N-methyl/N-ethyl adjacent to an activating group) is 1. The van der Waals surface area contributed by atoms with Crippen molar-refractivity contribution in [3.63, 3.8) is 0 Å². The number of anilines is 1. The lowest BCUT2D eigenvalue weighted by atomic mass is 10.3. The lowest BCUT2D eigenvalue weighted by Crippen LogP contribution is -2.29. The molecule has 21 heavy (non-hydrogen) atoms. The minimum atomic E-state index is 0.0490. The summed E-state index contributed by atoms with van der Waals surface area (Å²) in [5.74, 6) is 1.57. The van der Waals surface area contributed by atoms with Crippen LogP contribution in [0.1, 0.15) is 19.2 Å². The molecule has 112 valence electrons. The predicted octanol–water partition coefficient (Wildman–Crippen LogP) is 2.38. The summed E-state index contributed by atoms with van der Waals surface area (Å²) in [6.45, 7) is 4.98. The lowest BCUT2D eigenvalue weighted by molar-refractivity contribution is 0.196. The highest BCUT2D eigenvalue weighted by atomic mass is 32.1. The molecule has 3 rings (SSSR count). The van der Waals surface area contributed by atoms with E-state index in [1.165, 1.54) is 0 Å². The molecule has 0 unspecified atom stereocenters. The topological polar surface area (TPSA) is 61.4 Å². The molecule has 1 aliphatic rings. The van der Waals surface area contributed by atoms with E-state index in [1.54, 1.807) is 21.1 Å². The number of urea groups is 1. The lowest BCUT2D eigenvalue weighted by Gasteiger charge is -2.15. The van der Waals surface area contributed by atoms with Crippen LogP contribution in [0.25, 0.3) is 10.2 Å². The Kier molecular flexibility index (Phi) is 3.92. The minimum Gasteiger partial charge on any atom is -0.369 e. The molecule has 2 aromatic heterocycles. The van der Waals surface area contributed by atoms with Gasteiger partial charge in [-0.2, -0.15) is 0 Å². The van der Waals surface area contributed by atoms with E-state index in [9.17, 15) is 4.79 Å². The van der Waals surface area contributed by atoms with E-state index >= 15 is 0 Å². The quantitative estimate of drug-likeness (QED) is 0.921. The zero-order valence-electron chi connectivity index (χ0n) is 12.3. The third-order valence-electron chi connectivity index (χ3n) is 3.55. The van der Waals surface area contributed by atoms with Crippen molar-refractivity contribution in [2.75, 3.05) is 32.0 Å². The van der Waals surface area contributed by atoms with Crippen molar-refractivity contribution in [1.29, 1.82) is 0 Å². The van der Waals surface area contributed by atoms with Crippen LogP contribution in [0.4, 0.5) is 10.6 Å². The highest BCUT2D eigenvalue weighted by Gasteiger charge is 2.26. The molecule has 0 aromatic carbocycles. The van der Waals surface area contributed by atoms with E-state index in [0.717, 1.165) is 42.1 Å². The molecule has 0 bridgehead atoms. The molecule has 0 aliphatic carbocycles. The summed E-state index contributed by atoms with van der Waals surface area (Å²) >= 11 is 1.60. The van der Waals surface area contributed by atoms with Gasteiger partial charge in [0.2, 0.25) is 0 Å². The van der Waals surface area contributed by atoms with Crippen molar-refractivity contribution in [2.24, 2.45) is 0 Å². The predicted molar refractivity (Wildman–Crippen MR) is 84.6 cm³/mol. The summed E-state index contributed by atoms with van der Waals surface area (Å²) in [5, 5.41) is 6.43. The summed E-state index contributed by atoms with van der Waals surface area (Å²) in [6.07, 6.45) is 1.04. The average molecular weight is 305 g/mol. The normalized spacial score (nSPS) is 15.2. The number of nitrogens with one attached hydrogen (secondary N) is 1. The molecule has 7 heteroatoms. The first-order chi connectivity index (χ1) is 10.2. The fourth-order valence-electron chi connectivity index (χ4n) is 2.37. The molecule has 6 nitrogen and oxygen atoms in total. The molecule has 0 radical (unpaired) electrons. The van der Waals surface area contributed by atoms with E-state index < -0.39 is 0 Å². The van der Waals surface area contributed by atoms with Crippen molar-refractivity contribution < 1.29 is 4.79 Å². The van der Waals surface area contributed by atoms with Crippen LogP contribution in [0.3, 0.4) is 0 Å². The van der Waals surface area contributed by atoms with Gasteiger partial charge in [0.1, 0.15) is 10.6 Å². The van der Waals surface area contributed by atoms with E-state index in [4.69, 9.17) is 0 Å². The fourth-order valence-corrected chi connectivity index (χ4v) is 3.15. The SMILES string of the molecule is CCCNc1nc(CN2CCN(C)C2=O)nc2sccc12. The summed E-state index contributed by atoms with van der Waals surface area (Å²) < 4.78 is 0. The second-order valence-corrected chi connectivity index (χ2v) is 6.07. The molecule has 0 spiro atoms. The first-order valence-corrected chi connectivity index (χ1v) is 8.05. The van der Waals surface area contributed by atoms with E-state index in [-0.39, 0.29) is 6.03 Å². The van der Waals surface area contributed by atoms with Gasteiger partial charge in [0.25, 0.3) is 0 Å². The van der Waals surface area contributed by atoms with Gasteiger partial charge in [-0.3, -0.25) is 0 Å². The zero-order chi connectivity index (χ0) is 14.8. The third kappa shape index (κ3) is 2.78. The molecule has 2 aromatic rings. The minimum absolute atomic E-state index is 0.0490. The zero-order valence-corrected chi connectivity index (χ0v) is 13.1. The van der Waals surface area contributed by atoms with Gasteiger partial charge in [-0.05, 0) is 17.9 Å². The van der Waals surface area contributed by atoms with Crippen molar-refractivity contribution >= 4 is 33.4 Å². The summed E-state index contributed by atoms with van der Waals surface area (Å²) in [7, 11) is 1.82. The van der Waals surface area contributed by atoms with E-state index in [0.29, 0.717) is 12.4 Å². The van der Waals surface area contributed by atoms with E-state index in [2.05, 4.69) is 22.2 Å². The first kappa shape index (κ1) is 14.1. The van der Waals surface area contributed by atoms with Crippen molar-refractivity contribution in [3.05, 3.63) is 17.3 Å². The van der Waals surface area contributed by atoms with Gasteiger partial charge in [-0.15, -0.1) is 11.3 Å². The molecular weight excluding hydrogens is 286 g/mol. The Morgan fingerprint density at radius 3 is 2.95 bits per heavy atom. The van der Waals surface area contributed by atoms with Crippen LogP contribution in [-0.4, -0.2) is 52.5 Å². The Labute approximate surface area is 127 Å². The number of fused-ring (bicyclic) bond motifs is 1. The highest BCUT2D eigenvalue weighted by Crippen LogP contribution is 2.25. The molecule has 1 fully saturated rings. The number of aromatic nitrogens is 2. The average Bonchev–Trinajstić information content (AvgIpc) is 3.06. The Morgan fingerprint density at radius 2 is 2.24 bits per heavy atom. The second kappa shape index (κ2) is 5.85. The molecule has 3 heterocycles. The molecule has 1 aliphatic heterocycles. The van der Waals surface area contributed by atoms with Crippen LogP contribution in [0.15, 0.2) is 11.4 Å². The Balaban J connectivity index is 1.86. The fraction of sp³-hybridized carbons (Fsp3) is 0.500. The number of nitrogens with zero attached hydrogens (tertiary/aromatic N) is 4. The molecule has 0 saturated carbocycles. The van der Waals surface area contributed by atoms with Crippen molar-refractivity contribution in [3.8, 4) is 0 Å². The number of thiophene rings is 1. The number of amides is 2. The number of carbonyl (C=O) groups excluding carboxylic acids is 1. The maximum atomic E-state index is 12.0. The molecule has 1 saturated heterocycles. The van der Waals surface area contributed by atoms with Crippen LogP contribution in [-0.2, 0) is 6.54 Å². The smallest absolute Gasteiger partial charge is 0.320 e. The van der Waals surface area contributed by atoms with Gasteiger partial charge >= 0.3 is 6.03 Å². The number of carbonyl (C=O) groups is 1. The molecule has 1 N–H and O–H groups in total. The Morgan fingerprint density at radius 1 is 1.38 bits per heavy atom. The largest absolute Gasteiger partial charge is 0.369 e. The van der Waals surface area contributed by atoms with Crippen LogP contribution < -0.4 is 5.32 Å². The van der Waals surface area contributed by atoms with Crippen molar-refractivity contribution in [2.45, 2.75) is 19.9 Å². The maximum absolute atomic E-state index is 12.0. The van der Waals surface area contributed by atoms with Crippen LogP contribution in [0, 0.1) is 0 Å². The number of rotatable bonds is 5. The Bertz CT molecular complexity index is 656. The van der Waals surface area contributed by atoms with Crippen LogP contribution >= 0.6 is 11.3 Å². The molecule has 0 atom stereocenters. The van der Waals surface area contributed by atoms with Crippen molar-refractivity contribution in [1.82, 2.24) is 19.8 Å². The summed E-state index contributed by atoms with van der Waals surface area (Å²) in [6, 6.07) is 2.09. The number of hydrogen-bond acceptors (Lipinski definition) is 5. The second-order valence-electron chi connectivity index (χ2n) is 5.18. The highest BCUT2D eigenvalue weighted by molar-refractivity contribution is 7.16. The molecular formula is C14H19N5OS. The molecule has 2 amide bonds. The number of hydrogen-bond donors (Lipinski definition) is 1. The van der Waals surface area contributed by atoms with E-state index in [1.807, 2.05) is 18.5 Å².